The molecule has 1 unspecified atom stereocenters. The van der Waals surface area contributed by atoms with Crippen LogP contribution in [0.2, 0.25) is 0 Å². The highest BCUT2D eigenvalue weighted by Gasteiger charge is 2.35. The first-order valence-electron chi connectivity index (χ1n) is 8.67. The summed E-state index contributed by atoms with van der Waals surface area (Å²) >= 11 is 0. The van der Waals surface area contributed by atoms with Gasteiger partial charge in [-0.25, -0.2) is 0 Å². The second-order valence-electron chi connectivity index (χ2n) is 6.26. The first kappa shape index (κ1) is 20.2. The number of amides is 2. The van der Waals surface area contributed by atoms with Gasteiger partial charge in [-0.05, 0) is 42.0 Å². The molecular weight excluding hydrogens is 385 g/mol. The lowest BCUT2D eigenvalue weighted by molar-refractivity contribution is -0.137. The molecule has 5 nitrogen and oxygen atoms in total. The summed E-state index contributed by atoms with van der Waals surface area (Å²) in [7, 11) is 0. The molecule has 0 aliphatic carbocycles. The number of hydrogen-bond acceptors (Lipinski definition) is 3. The van der Waals surface area contributed by atoms with Crippen LogP contribution >= 0.6 is 0 Å². The summed E-state index contributed by atoms with van der Waals surface area (Å²) < 4.78 is 44.6. The van der Waals surface area contributed by atoms with Crippen molar-refractivity contribution in [2.75, 3.05) is 0 Å². The zero-order chi connectivity index (χ0) is 21.0. The molecule has 3 aromatic rings. The fourth-order valence-corrected chi connectivity index (χ4v) is 2.71. The topological polar surface area (TPSA) is 67.4 Å². The standard InChI is InChI=1S/C21H17F3N2O3/c1-13(29-16-11-10-14-6-2-3-7-15(14)12-16)19(27)25-26-20(28)17-8-4-5-9-18(17)21(22,23)24/h2-13H,1H3,(H,25,27)(H,26,28). The number of benzene rings is 3. The fourth-order valence-electron chi connectivity index (χ4n) is 2.71. The van der Waals surface area contributed by atoms with Crippen LogP contribution in [-0.4, -0.2) is 17.9 Å². The van der Waals surface area contributed by atoms with Crippen LogP contribution in [0.25, 0.3) is 10.8 Å². The van der Waals surface area contributed by atoms with Crippen LogP contribution in [0, 0.1) is 0 Å². The molecule has 0 aromatic heterocycles. The number of ether oxygens (including phenoxy) is 1. The zero-order valence-electron chi connectivity index (χ0n) is 15.3. The van der Waals surface area contributed by atoms with Crippen LogP contribution in [0.4, 0.5) is 13.2 Å². The third kappa shape index (κ3) is 4.84. The molecule has 0 aliphatic heterocycles. The maximum Gasteiger partial charge on any atom is 0.417 e. The first-order valence-corrected chi connectivity index (χ1v) is 8.67. The van der Waals surface area contributed by atoms with Crippen molar-refractivity contribution in [2.45, 2.75) is 19.2 Å². The van der Waals surface area contributed by atoms with E-state index >= 15 is 0 Å². The molecule has 3 aromatic carbocycles. The van der Waals surface area contributed by atoms with Crippen molar-refractivity contribution in [3.63, 3.8) is 0 Å². The van der Waals surface area contributed by atoms with E-state index in [1.807, 2.05) is 35.8 Å². The number of hydrazine groups is 1. The van der Waals surface area contributed by atoms with Crippen molar-refractivity contribution in [3.05, 3.63) is 77.9 Å². The van der Waals surface area contributed by atoms with Gasteiger partial charge in [0.25, 0.3) is 11.8 Å². The third-order valence-corrected chi connectivity index (χ3v) is 4.18. The highest BCUT2D eigenvalue weighted by atomic mass is 19.4. The average molecular weight is 402 g/mol. The lowest BCUT2D eigenvalue weighted by atomic mass is 10.1. The quantitative estimate of drug-likeness (QED) is 0.646. The smallest absolute Gasteiger partial charge is 0.417 e. The molecule has 1 atom stereocenters. The molecule has 0 saturated carbocycles. The minimum atomic E-state index is -4.69. The highest BCUT2D eigenvalue weighted by molar-refractivity contribution is 5.97. The van der Waals surface area contributed by atoms with Gasteiger partial charge in [-0.1, -0.05) is 42.5 Å². The molecular formula is C21H17F3N2O3. The Bertz CT molecular complexity index is 1050. The van der Waals surface area contributed by atoms with E-state index in [0.717, 1.165) is 22.9 Å². The maximum absolute atomic E-state index is 13.0. The van der Waals surface area contributed by atoms with Crippen molar-refractivity contribution >= 4 is 22.6 Å². The Morgan fingerprint density at radius 3 is 2.28 bits per heavy atom. The molecule has 0 bridgehead atoms. The van der Waals surface area contributed by atoms with Gasteiger partial charge in [0.05, 0.1) is 11.1 Å². The van der Waals surface area contributed by atoms with Crippen molar-refractivity contribution in [3.8, 4) is 5.75 Å². The summed E-state index contributed by atoms with van der Waals surface area (Å²) in [6, 6.07) is 17.2. The van der Waals surface area contributed by atoms with E-state index in [4.69, 9.17) is 4.74 Å². The van der Waals surface area contributed by atoms with Gasteiger partial charge < -0.3 is 4.74 Å². The van der Waals surface area contributed by atoms with Gasteiger partial charge in [-0.15, -0.1) is 0 Å². The van der Waals surface area contributed by atoms with E-state index in [0.29, 0.717) is 5.75 Å². The summed E-state index contributed by atoms with van der Waals surface area (Å²) in [5.41, 5.74) is 2.39. The number of hydrogen-bond donors (Lipinski definition) is 2. The Morgan fingerprint density at radius 2 is 1.55 bits per heavy atom. The van der Waals surface area contributed by atoms with Crippen molar-refractivity contribution in [2.24, 2.45) is 0 Å². The number of alkyl halides is 3. The lowest BCUT2D eigenvalue weighted by Crippen LogP contribution is -2.47. The molecule has 29 heavy (non-hydrogen) atoms. The Labute approximate surface area is 164 Å². The van der Waals surface area contributed by atoms with E-state index in [9.17, 15) is 22.8 Å². The molecule has 2 N–H and O–H groups in total. The molecule has 2 amide bonds. The van der Waals surface area contributed by atoms with Crippen LogP contribution < -0.4 is 15.6 Å². The van der Waals surface area contributed by atoms with Crippen LogP contribution in [0.5, 0.6) is 5.75 Å². The number of halogens is 3. The zero-order valence-corrected chi connectivity index (χ0v) is 15.3. The first-order chi connectivity index (χ1) is 13.8. The van der Waals surface area contributed by atoms with Gasteiger partial charge in [0, 0.05) is 0 Å². The van der Waals surface area contributed by atoms with Crippen molar-refractivity contribution in [1.82, 2.24) is 10.9 Å². The molecule has 8 heteroatoms. The Morgan fingerprint density at radius 1 is 0.897 bits per heavy atom. The number of nitrogens with one attached hydrogen (secondary N) is 2. The summed E-state index contributed by atoms with van der Waals surface area (Å²) in [4.78, 5) is 24.2. The van der Waals surface area contributed by atoms with Crippen LogP contribution in [-0.2, 0) is 11.0 Å². The average Bonchev–Trinajstić information content (AvgIpc) is 2.71. The third-order valence-electron chi connectivity index (χ3n) is 4.18. The molecule has 0 radical (unpaired) electrons. The number of fused-ring (bicyclic) bond motifs is 1. The second-order valence-corrected chi connectivity index (χ2v) is 6.26. The molecule has 0 fully saturated rings. The highest BCUT2D eigenvalue weighted by Crippen LogP contribution is 2.31. The Kier molecular flexibility index (Phi) is 5.72. The molecule has 0 spiro atoms. The van der Waals surface area contributed by atoms with Gasteiger partial charge in [-0.2, -0.15) is 13.2 Å². The molecule has 3 rings (SSSR count). The minimum Gasteiger partial charge on any atom is -0.481 e. The van der Waals surface area contributed by atoms with Gasteiger partial charge in [0.1, 0.15) is 5.75 Å². The predicted molar refractivity (Wildman–Crippen MR) is 101 cm³/mol. The maximum atomic E-state index is 13.0. The summed E-state index contributed by atoms with van der Waals surface area (Å²) in [5, 5.41) is 1.93. The van der Waals surface area contributed by atoms with E-state index in [2.05, 4.69) is 5.43 Å². The number of carbonyl (C=O) groups is 2. The molecule has 150 valence electrons. The number of carbonyl (C=O) groups excluding carboxylic acids is 2. The van der Waals surface area contributed by atoms with E-state index in [-0.39, 0.29) is 0 Å². The van der Waals surface area contributed by atoms with E-state index in [1.165, 1.54) is 19.1 Å². The van der Waals surface area contributed by atoms with E-state index < -0.39 is 35.2 Å². The molecule has 0 saturated heterocycles. The summed E-state index contributed by atoms with van der Waals surface area (Å²) in [6.07, 6.45) is -5.68. The fraction of sp³-hybridized carbons (Fsp3) is 0.143. The number of rotatable bonds is 4. The SMILES string of the molecule is CC(Oc1ccc2ccccc2c1)C(=O)NNC(=O)c1ccccc1C(F)(F)F. The van der Waals surface area contributed by atoms with Crippen molar-refractivity contribution in [1.29, 1.82) is 0 Å². The molecule has 0 heterocycles. The minimum absolute atomic E-state index is 0.445. The van der Waals surface area contributed by atoms with Crippen LogP contribution in [0.15, 0.2) is 66.7 Å². The van der Waals surface area contributed by atoms with Crippen LogP contribution in [0.3, 0.4) is 0 Å². The van der Waals surface area contributed by atoms with Crippen molar-refractivity contribution < 1.29 is 27.5 Å². The summed E-state index contributed by atoms with van der Waals surface area (Å²) in [6.45, 7) is 1.46. The second kappa shape index (κ2) is 8.22. The largest absolute Gasteiger partial charge is 0.481 e. The monoisotopic (exact) mass is 402 g/mol. The van der Waals surface area contributed by atoms with Gasteiger partial charge in [-0.3, -0.25) is 20.4 Å². The molecule has 0 aliphatic rings. The van der Waals surface area contributed by atoms with Gasteiger partial charge in [0.15, 0.2) is 6.10 Å². The van der Waals surface area contributed by atoms with Gasteiger partial charge in [0.2, 0.25) is 0 Å². The van der Waals surface area contributed by atoms with Crippen LogP contribution in [0.1, 0.15) is 22.8 Å². The Hall–Kier alpha value is -3.55. The van der Waals surface area contributed by atoms with Gasteiger partial charge >= 0.3 is 6.18 Å². The lowest BCUT2D eigenvalue weighted by Gasteiger charge is -2.16. The predicted octanol–water partition coefficient (Wildman–Crippen LogP) is 4.09. The summed E-state index contributed by atoms with van der Waals surface area (Å²) in [5.74, 6) is -1.35. The van der Waals surface area contributed by atoms with E-state index in [1.54, 1.807) is 12.1 Å². The Balaban J connectivity index is 1.62. The normalized spacial score (nSPS) is 12.3.